The molecule has 134 valence electrons. The Balaban J connectivity index is 2.36. The lowest BCUT2D eigenvalue weighted by atomic mass is 10.1. The molecular formula is C18H22FN3O3. The fourth-order valence-electron chi connectivity index (χ4n) is 2.64. The molecule has 1 aromatic carbocycles. The van der Waals surface area contributed by atoms with Crippen molar-refractivity contribution in [1.82, 2.24) is 14.7 Å². The van der Waals surface area contributed by atoms with E-state index in [9.17, 15) is 14.0 Å². The van der Waals surface area contributed by atoms with Gasteiger partial charge in [-0.05, 0) is 51.5 Å². The highest BCUT2D eigenvalue weighted by atomic mass is 19.1. The van der Waals surface area contributed by atoms with Crippen LogP contribution >= 0.6 is 0 Å². The van der Waals surface area contributed by atoms with Crippen molar-refractivity contribution in [2.75, 3.05) is 6.54 Å². The van der Waals surface area contributed by atoms with Crippen LogP contribution in [0.15, 0.2) is 24.3 Å². The standard InChI is InChI=1S/C18H22FN3O3/c1-5-12(3)21(10-17(23)24)18(25)14-6-7-16(15(19)9-14)22-13(4)8-11(2)20-22/h6-9,12H,5,10H2,1-4H3,(H,23,24). The Bertz CT molecular complexity index is 801. The van der Waals surface area contributed by atoms with Gasteiger partial charge in [-0.1, -0.05) is 6.92 Å². The van der Waals surface area contributed by atoms with Crippen molar-refractivity contribution < 1.29 is 19.1 Å². The van der Waals surface area contributed by atoms with Crippen molar-refractivity contribution in [3.8, 4) is 5.69 Å². The van der Waals surface area contributed by atoms with Crippen molar-refractivity contribution in [2.45, 2.75) is 40.2 Å². The molecule has 0 fully saturated rings. The van der Waals surface area contributed by atoms with E-state index in [1.165, 1.54) is 21.7 Å². The quantitative estimate of drug-likeness (QED) is 0.872. The summed E-state index contributed by atoms with van der Waals surface area (Å²) in [6.45, 7) is 6.83. The number of aliphatic carboxylic acids is 1. The Hall–Kier alpha value is -2.70. The van der Waals surface area contributed by atoms with E-state index in [4.69, 9.17) is 5.11 Å². The molecule has 1 aromatic heterocycles. The summed E-state index contributed by atoms with van der Waals surface area (Å²) in [6.07, 6.45) is 0.603. The third-order valence-corrected chi connectivity index (χ3v) is 4.12. The molecule has 6 nitrogen and oxygen atoms in total. The molecule has 0 spiro atoms. The molecule has 1 N–H and O–H groups in total. The topological polar surface area (TPSA) is 75.4 Å². The van der Waals surface area contributed by atoms with Gasteiger partial charge in [0.05, 0.1) is 5.69 Å². The van der Waals surface area contributed by atoms with Gasteiger partial charge in [-0.15, -0.1) is 0 Å². The second kappa shape index (κ2) is 7.46. The van der Waals surface area contributed by atoms with Gasteiger partial charge in [-0.2, -0.15) is 5.10 Å². The fraction of sp³-hybridized carbons (Fsp3) is 0.389. The van der Waals surface area contributed by atoms with E-state index in [0.29, 0.717) is 6.42 Å². The molecule has 1 unspecified atom stereocenters. The highest BCUT2D eigenvalue weighted by molar-refractivity contribution is 5.96. The normalized spacial score (nSPS) is 12.0. The van der Waals surface area contributed by atoms with E-state index in [2.05, 4.69) is 5.10 Å². The van der Waals surface area contributed by atoms with Crippen molar-refractivity contribution in [1.29, 1.82) is 0 Å². The molecule has 0 bridgehead atoms. The first-order chi connectivity index (χ1) is 11.7. The van der Waals surface area contributed by atoms with Gasteiger partial charge in [-0.25, -0.2) is 9.07 Å². The molecule has 0 aliphatic rings. The van der Waals surface area contributed by atoms with Gasteiger partial charge in [0, 0.05) is 17.3 Å². The Morgan fingerprint density at radius 1 is 1.32 bits per heavy atom. The maximum absolute atomic E-state index is 14.5. The molecular weight excluding hydrogens is 325 g/mol. The lowest BCUT2D eigenvalue weighted by Crippen LogP contribution is -2.41. The molecule has 0 aliphatic heterocycles. The minimum Gasteiger partial charge on any atom is -0.480 e. The Labute approximate surface area is 145 Å². The van der Waals surface area contributed by atoms with Crippen molar-refractivity contribution in [2.24, 2.45) is 0 Å². The number of amides is 1. The van der Waals surface area contributed by atoms with Crippen LogP contribution in [-0.2, 0) is 4.79 Å². The first-order valence-corrected chi connectivity index (χ1v) is 8.10. The van der Waals surface area contributed by atoms with Gasteiger partial charge in [0.1, 0.15) is 18.0 Å². The number of nitrogens with zero attached hydrogens (tertiary/aromatic N) is 3. The summed E-state index contributed by atoms with van der Waals surface area (Å²) in [7, 11) is 0. The average molecular weight is 347 g/mol. The van der Waals surface area contributed by atoms with Gasteiger partial charge in [0.25, 0.3) is 5.91 Å². The maximum atomic E-state index is 14.5. The number of halogens is 1. The molecule has 0 saturated carbocycles. The van der Waals surface area contributed by atoms with E-state index >= 15 is 0 Å². The first-order valence-electron chi connectivity index (χ1n) is 8.10. The van der Waals surface area contributed by atoms with Crippen LogP contribution in [0.4, 0.5) is 4.39 Å². The summed E-state index contributed by atoms with van der Waals surface area (Å²) < 4.78 is 16.0. The van der Waals surface area contributed by atoms with Crippen LogP contribution in [0.25, 0.3) is 5.69 Å². The number of hydrogen-bond acceptors (Lipinski definition) is 3. The third kappa shape index (κ3) is 4.04. The zero-order valence-corrected chi connectivity index (χ0v) is 14.8. The SMILES string of the molecule is CCC(C)N(CC(=O)O)C(=O)c1ccc(-n2nc(C)cc2C)c(F)c1. The number of aromatic nitrogens is 2. The van der Waals surface area contributed by atoms with Crippen molar-refractivity contribution in [3.05, 3.63) is 47.0 Å². The predicted octanol–water partition coefficient (Wildman–Crippen LogP) is 2.95. The highest BCUT2D eigenvalue weighted by Crippen LogP contribution is 2.19. The number of hydrogen-bond donors (Lipinski definition) is 1. The molecule has 0 radical (unpaired) electrons. The molecule has 1 amide bonds. The van der Waals surface area contributed by atoms with E-state index in [0.717, 1.165) is 17.5 Å². The Morgan fingerprint density at radius 2 is 2.00 bits per heavy atom. The van der Waals surface area contributed by atoms with E-state index in [1.54, 1.807) is 6.92 Å². The van der Waals surface area contributed by atoms with Crippen LogP contribution in [0.5, 0.6) is 0 Å². The summed E-state index contributed by atoms with van der Waals surface area (Å²) in [6, 6.07) is 5.68. The number of carbonyl (C=O) groups excluding carboxylic acids is 1. The van der Waals surface area contributed by atoms with Crippen LogP contribution in [0.2, 0.25) is 0 Å². The van der Waals surface area contributed by atoms with Crippen LogP contribution < -0.4 is 0 Å². The Morgan fingerprint density at radius 3 is 2.48 bits per heavy atom. The molecule has 2 rings (SSSR count). The molecule has 1 atom stereocenters. The van der Waals surface area contributed by atoms with Crippen LogP contribution in [0, 0.1) is 19.7 Å². The monoisotopic (exact) mass is 347 g/mol. The van der Waals surface area contributed by atoms with Gasteiger partial charge in [-0.3, -0.25) is 9.59 Å². The molecule has 0 saturated heterocycles. The zero-order chi connectivity index (χ0) is 18.7. The van der Waals surface area contributed by atoms with Gasteiger partial charge in [0.15, 0.2) is 0 Å². The lowest BCUT2D eigenvalue weighted by Gasteiger charge is -2.27. The number of aryl methyl sites for hydroxylation is 2. The largest absolute Gasteiger partial charge is 0.480 e. The molecule has 0 aliphatic carbocycles. The number of rotatable bonds is 6. The predicted molar refractivity (Wildman–Crippen MR) is 91.4 cm³/mol. The number of carboxylic acid groups (broad SMARTS) is 1. The molecule has 7 heteroatoms. The summed E-state index contributed by atoms with van der Waals surface area (Å²) in [5, 5.41) is 13.3. The van der Waals surface area contributed by atoms with Crippen molar-refractivity contribution >= 4 is 11.9 Å². The molecule has 25 heavy (non-hydrogen) atoms. The Kier molecular flexibility index (Phi) is 5.56. The molecule has 1 heterocycles. The van der Waals surface area contributed by atoms with Crippen LogP contribution in [0.3, 0.4) is 0 Å². The lowest BCUT2D eigenvalue weighted by molar-refractivity contribution is -0.138. The number of carboxylic acids is 1. The third-order valence-electron chi connectivity index (χ3n) is 4.12. The van der Waals surface area contributed by atoms with Crippen LogP contribution in [0.1, 0.15) is 42.0 Å². The maximum Gasteiger partial charge on any atom is 0.323 e. The minimum absolute atomic E-state index is 0.115. The molecule has 2 aromatic rings. The van der Waals surface area contributed by atoms with Gasteiger partial charge < -0.3 is 10.0 Å². The second-order valence-corrected chi connectivity index (χ2v) is 6.09. The minimum atomic E-state index is -1.10. The van der Waals surface area contributed by atoms with Gasteiger partial charge in [0.2, 0.25) is 0 Å². The average Bonchev–Trinajstić information content (AvgIpc) is 2.89. The second-order valence-electron chi connectivity index (χ2n) is 6.09. The van der Waals surface area contributed by atoms with Gasteiger partial charge >= 0.3 is 5.97 Å². The summed E-state index contributed by atoms with van der Waals surface area (Å²) in [4.78, 5) is 24.9. The summed E-state index contributed by atoms with van der Waals surface area (Å²) >= 11 is 0. The fourth-order valence-corrected chi connectivity index (χ4v) is 2.64. The van der Waals surface area contributed by atoms with E-state index in [-0.39, 0.29) is 17.3 Å². The van der Waals surface area contributed by atoms with Crippen molar-refractivity contribution in [3.63, 3.8) is 0 Å². The number of benzene rings is 1. The summed E-state index contributed by atoms with van der Waals surface area (Å²) in [5.41, 5.74) is 1.91. The van der Waals surface area contributed by atoms with Crippen LogP contribution in [-0.4, -0.2) is 44.3 Å². The zero-order valence-electron chi connectivity index (χ0n) is 14.8. The van der Waals surface area contributed by atoms with E-state index < -0.39 is 24.2 Å². The highest BCUT2D eigenvalue weighted by Gasteiger charge is 2.24. The summed E-state index contributed by atoms with van der Waals surface area (Å²) in [5.74, 6) is -2.19. The number of carbonyl (C=O) groups is 2. The van der Waals surface area contributed by atoms with E-state index in [1.807, 2.05) is 26.8 Å². The smallest absolute Gasteiger partial charge is 0.323 e. The first kappa shape index (κ1) is 18.6.